The number of carbonyl (C=O) groups excluding carboxylic acids is 1. The van der Waals surface area contributed by atoms with E-state index in [9.17, 15) is 4.79 Å². The highest BCUT2D eigenvalue weighted by molar-refractivity contribution is 6.58. The van der Waals surface area contributed by atoms with E-state index in [1.165, 1.54) is 12.4 Å². The van der Waals surface area contributed by atoms with E-state index in [-0.39, 0.29) is 11.4 Å². The third-order valence-electron chi connectivity index (χ3n) is 4.37. The van der Waals surface area contributed by atoms with E-state index >= 15 is 0 Å². The summed E-state index contributed by atoms with van der Waals surface area (Å²) in [6, 6.07) is 0. The fourth-order valence-electron chi connectivity index (χ4n) is 3.07. The van der Waals surface area contributed by atoms with Crippen molar-refractivity contribution < 1.29 is 19.6 Å². The second-order valence-corrected chi connectivity index (χ2v) is 5.68. The van der Waals surface area contributed by atoms with Crippen LogP contribution in [0.15, 0.2) is 12.4 Å². The fourth-order valence-corrected chi connectivity index (χ4v) is 3.07. The lowest BCUT2D eigenvalue weighted by molar-refractivity contribution is -0.150. The van der Waals surface area contributed by atoms with E-state index in [0.717, 1.165) is 19.4 Å². The second kappa shape index (κ2) is 5.27. The predicted octanol–water partition coefficient (Wildman–Crippen LogP) is -1.06. The number of aromatic nitrogens is 2. The summed E-state index contributed by atoms with van der Waals surface area (Å²) in [7, 11) is -1.57. The molecule has 1 saturated heterocycles. The minimum Gasteiger partial charge on any atom is -0.466 e. The number of hydrogen-bond acceptors (Lipinski definition) is 7. The normalized spacial score (nSPS) is 27.0. The van der Waals surface area contributed by atoms with Crippen molar-refractivity contribution in [3.63, 3.8) is 0 Å². The highest BCUT2D eigenvalue weighted by Crippen LogP contribution is 2.58. The van der Waals surface area contributed by atoms with Crippen LogP contribution in [0.1, 0.15) is 19.8 Å². The lowest BCUT2D eigenvalue weighted by atomic mass is 9.83. The number of hydrogen-bond donors (Lipinski definition) is 2. The van der Waals surface area contributed by atoms with Gasteiger partial charge in [0.25, 0.3) is 0 Å². The molecule has 1 aliphatic carbocycles. The van der Waals surface area contributed by atoms with Gasteiger partial charge >= 0.3 is 13.1 Å². The quantitative estimate of drug-likeness (QED) is 0.539. The van der Waals surface area contributed by atoms with Crippen LogP contribution in [0.2, 0.25) is 0 Å². The highest BCUT2D eigenvalue weighted by Gasteiger charge is 2.63. The number of anilines is 1. The Morgan fingerprint density at radius 1 is 1.52 bits per heavy atom. The molecule has 2 aliphatic rings. The fraction of sp³-hybridized carbons (Fsp3) is 0.615. The molecule has 112 valence electrons. The zero-order valence-corrected chi connectivity index (χ0v) is 11.9. The van der Waals surface area contributed by atoms with Gasteiger partial charge in [-0.1, -0.05) is 0 Å². The lowest BCUT2D eigenvalue weighted by Gasteiger charge is -2.31. The third-order valence-corrected chi connectivity index (χ3v) is 4.37. The van der Waals surface area contributed by atoms with Crippen LogP contribution in [-0.4, -0.2) is 52.8 Å². The van der Waals surface area contributed by atoms with E-state index in [0.29, 0.717) is 25.0 Å². The van der Waals surface area contributed by atoms with Crippen LogP contribution in [0.5, 0.6) is 0 Å². The topological polar surface area (TPSA) is 95.8 Å². The zero-order chi connectivity index (χ0) is 15.0. The van der Waals surface area contributed by atoms with E-state index in [4.69, 9.17) is 14.8 Å². The molecular formula is C13H18BN3O4. The number of fused-ring (bicyclic) bond motifs is 1. The van der Waals surface area contributed by atoms with Crippen LogP contribution in [0.4, 0.5) is 5.95 Å². The van der Waals surface area contributed by atoms with Crippen molar-refractivity contribution in [3.8, 4) is 0 Å². The molecule has 0 aromatic carbocycles. The van der Waals surface area contributed by atoms with E-state index < -0.39 is 12.5 Å². The standard InChI is InChI=1S/C13H18BN3O4/c1-2-21-11(18)13-5-9(13)3-4-17(8-13)12-15-6-10(7-16-12)14(19)20/h6-7,9,19-20H,2-5,8H2,1H3/t9-,13-/m0/s1. The van der Waals surface area contributed by atoms with Crippen molar-refractivity contribution in [2.75, 3.05) is 24.6 Å². The zero-order valence-electron chi connectivity index (χ0n) is 11.9. The number of nitrogens with zero attached hydrogens (tertiary/aromatic N) is 3. The Morgan fingerprint density at radius 3 is 2.86 bits per heavy atom. The van der Waals surface area contributed by atoms with Crippen molar-refractivity contribution in [2.45, 2.75) is 19.8 Å². The summed E-state index contributed by atoms with van der Waals surface area (Å²) in [5.41, 5.74) is -0.146. The van der Waals surface area contributed by atoms with Crippen LogP contribution in [-0.2, 0) is 9.53 Å². The van der Waals surface area contributed by atoms with Gasteiger partial charge in [-0.3, -0.25) is 4.79 Å². The molecule has 3 rings (SSSR count). The van der Waals surface area contributed by atoms with Crippen LogP contribution in [0, 0.1) is 11.3 Å². The van der Waals surface area contributed by atoms with Gasteiger partial charge < -0.3 is 19.7 Å². The molecule has 21 heavy (non-hydrogen) atoms. The van der Waals surface area contributed by atoms with Crippen LogP contribution in [0.25, 0.3) is 0 Å². The highest BCUT2D eigenvalue weighted by atomic mass is 16.5. The van der Waals surface area contributed by atoms with Gasteiger partial charge in [-0.2, -0.15) is 0 Å². The smallest absolute Gasteiger partial charge is 0.466 e. The summed E-state index contributed by atoms with van der Waals surface area (Å²) in [5.74, 6) is 0.793. The van der Waals surface area contributed by atoms with Gasteiger partial charge in [-0.15, -0.1) is 0 Å². The van der Waals surface area contributed by atoms with Gasteiger partial charge in [0.2, 0.25) is 5.95 Å². The Kier molecular flexibility index (Phi) is 3.58. The molecule has 1 saturated carbocycles. The van der Waals surface area contributed by atoms with Gasteiger partial charge in [0.05, 0.1) is 12.0 Å². The minimum absolute atomic E-state index is 0.123. The Labute approximate surface area is 123 Å². The molecular weight excluding hydrogens is 273 g/mol. The first-order chi connectivity index (χ1) is 10.1. The van der Waals surface area contributed by atoms with E-state index in [1.54, 1.807) is 0 Å². The largest absolute Gasteiger partial charge is 0.491 e. The number of rotatable bonds is 4. The molecule has 1 aromatic rings. The molecule has 0 unspecified atom stereocenters. The molecule has 8 heteroatoms. The Bertz CT molecular complexity index is 539. The third kappa shape index (κ3) is 2.49. The maximum absolute atomic E-state index is 12.1. The molecule has 1 aliphatic heterocycles. The van der Waals surface area contributed by atoms with Crippen molar-refractivity contribution in [2.24, 2.45) is 11.3 Å². The maximum atomic E-state index is 12.1. The molecule has 2 atom stereocenters. The second-order valence-electron chi connectivity index (χ2n) is 5.68. The Balaban J connectivity index is 1.73. The maximum Gasteiger partial charge on any atom is 0.491 e. The van der Waals surface area contributed by atoms with Crippen molar-refractivity contribution in [3.05, 3.63) is 12.4 Å². The van der Waals surface area contributed by atoms with Gasteiger partial charge in [0.15, 0.2) is 0 Å². The summed E-state index contributed by atoms with van der Waals surface area (Å²) in [6.45, 7) is 3.58. The van der Waals surface area contributed by atoms with E-state index in [1.807, 2.05) is 11.8 Å². The SMILES string of the molecule is CCOC(=O)[C@]12C[C@@H]1CCN(c1ncc(B(O)O)cn1)C2. The summed E-state index contributed by atoms with van der Waals surface area (Å²) in [6.07, 6.45) is 4.58. The monoisotopic (exact) mass is 291 g/mol. The molecule has 0 radical (unpaired) electrons. The van der Waals surface area contributed by atoms with Crippen LogP contribution >= 0.6 is 0 Å². The summed E-state index contributed by atoms with van der Waals surface area (Å²) in [4.78, 5) is 22.4. The molecule has 0 spiro atoms. The average molecular weight is 291 g/mol. The number of piperidine rings is 1. The average Bonchev–Trinajstić information content (AvgIpc) is 3.22. The summed E-state index contributed by atoms with van der Waals surface area (Å²) < 4.78 is 5.19. The van der Waals surface area contributed by atoms with Crippen molar-refractivity contribution in [1.29, 1.82) is 0 Å². The number of carbonyl (C=O) groups is 1. The predicted molar refractivity (Wildman–Crippen MR) is 75.9 cm³/mol. The van der Waals surface area contributed by atoms with E-state index in [2.05, 4.69) is 9.97 Å². The molecule has 0 amide bonds. The van der Waals surface area contributed by atoms with Crippen LogP contribution < -0.4 is 10.4 Å². The minimum atomic E-state index is -1.57. The molecule has 2 fully saturated rings. The Hall–Kier alpha value is -1.67. The van der Waals surface area contributed by atoms with Crippen LogP contribution in [0.3, 0.4) is 0 Å². The molecule has 2 N–H and O–H groups in total. The Morgan fingerprint density at radius 2 is 2.24 bits per heavy atom. The molecule has 7 nitrogen and oxygen atoms in total. The first-order valence-electron chi connectivity index (χ1n) is 7.17. The molecule has 0 bridgehead atoms. The van der Waals surface area contributed by atoms with Crippen molar-refractivity contribution in [1.82, 2.24) is 9.97 Å². The first kappa shape index (κ1) is 14.3. The molecule has 2 heterocycles. The van der Waals surface area contributed by atoms with Gasteiger partial charge in [-0.25, -0.2) is 9.97 Å². The number of ether oxygens (including phenoxy) is 1. The summed E-state index contributed by atoms with van der Waals surface area (Å²) in [5, 5.41) is 18.1. The van der Waals surface area contributed by atoms with Gasteiger partial charge in [-0.05, 0) is 25.7 Å². The van der Waals surface area contributed by atoms with Gasteiger partial charge in [0, 0.05) is 30.9 Å². The lowest BCUT2D eigenvalue weighted by Crippen LogP contribution is -2.42. The summed E-state index contributed by atoms with van der Waals surface area (Å²) >= 11 is 0. The molecule has 1 aromatic heterocycles. The number of esters is 1. The van der Waals surface area contributed by atoms with Gasteiger partial charge in [0.1, 0.15) is 0 Å². The first-order valence-corrected chi connectivity index (χ1v) is 7.17. The van der Waals surface area contributed by atoms with Crippen molar-refractivity contribution >= 4 is 24.5 Å².